The average Bonchev–Trinajstić information content (AvgIpc) is 2.95. The van der Waals surface area contributed by atoms with Gasteiger partial charge in [-0.15, -0.1) is 0 Å². The Morgan fingerprint density at radius 2 is 1.63 bits per heavy atom. The van der Waals surface area contributed by atoms with E-state index in [1.54, 1.807) is 6.08 Å². The molecule has 2 aromatic rings. The summed E-state index contributed by atoms with van der Waals surface area (Å²) in [5.74, 6) is 0. The lowest BCUT2D eigenvalue weighted by Crippen LogP contribution is -2.25. The normalized spacial score (nSPS) is 17.1. The van der Waals surface area contributed by atoms with E-state index in [0.717, 1.165) is 32.5 Å². The number of nitrogens with zero attached hydrogens (tertiary/aromatic N) is 3. The molecule has 1 aliphatic rings. The largest absolute Gasteiger partial charge is 0.362 e. The second-order valence-electron chi connectivity index (χ2n) is 10.1. The van der Waals surface area contributed by atoms with Gasteiger partial charge in [0.25, 0.3) is 0 Å². The van der Waals surface area contributed by atoms with Crippen molar-refractivity contribution in [2.75, 3.05) is 5.32 Å². The highest BCUT2D eigenvalue weighted by molar-refractivity contribution is 8.07. The highest BCUT2D eigenvalue weighted by atomic mass is 32.2. The van der Waals surface area contributed by atoms with Crippen LogP contribution < -0.4 is 5.32 Å². The molecule has 0 spiro atoms. The first kappa shape index (κ1) is 28.5. The highest BCUT2D eigenvalue weighted by Crippen LogP contribution is 2.44. The van der Waals surface area contributed by atoms with Crippen LogP contribution in [-0.2, 0) is 0 Å². The van der Waals surface area contributed by atoms with Crippen LogP contribution in [0.4, 0.5) is 11.4 Å². The molecule has 0 saturated carbocycles. The van der Waals surface area contributed by atoms with E-state index in [2.05, 4.69) is 84.6 Å². The molecule has 3 rings (SSSR count). The van der Waals surface area contributed by atoms with Gasteiger partial charge in [0.1, 0.15) is 17.7 Å². The minimum atomic E-state index is -0.487. The number of anilines is 1. The number of rotatable bonds is 5. The van der Waals surface area contributed by atoms with Gasteiger partial charge >= 0.3 is 0 Å². The third-order valence-electron chi connectivity index (χ3n) is 6.95. The maximum Gasteiger partial charge on any atom is 0.130 e. The van der Waals surface area contributed by atoms with Crippen molar-refractivity contribution in [3.8, 4) is 12.1 Å². The molecule has 2 aromatic carbocycles. The van der Waals surface area contributed by atoms with Crippen molar-refractivity contribution in [1.29, 1.82) is 10.5 Å². The zero-order valence-corrected chi connectivity index (χ0v) is 24.0. The van der Waals surface area contributed by atoms with Crippen molar-refractivity contribution in [3.05, 3.63) is 116 Å². The molecule has 1 heterocycles. The van der Waals surface area contributed by atoms with E-state index in [-0.39, 0.29) is 5.57 Å². The van der Waals surface area contributed by atoms with Crippen molar-refractivity contribution in [2.45, 2.75) is 48.5 Å². The second-order valence-corrected chi connectivity index (χ2v) is 11.2. The maximum absolute atomic E-state index is 9.34. The molecule has 0 atom stereocenters. The molecule has 38 heavy (non-hydrogen) atoms. The van der Waals surface area contributed by atoms with Crippen LogP contribution in [0.15, 0.2) is 93.4 Å². The van der Waals surface area contributed by atoms with Gasteiger partial charge in [-0.2, -0.15) is 10.5 Å². The number of benzene rings is 2. The fourth-order valence-electron chi connectivity index (χ4n) is 3.95. The maximum atomic E-state index is 9.34. The van der Waals surface area contributed by atoms with Gasteiger partial charge < -0.3 is 5.32 Å². The topological polar surface area (TPSA) is 72.0 Å². The van der Waals surface area contributed by atoms with Crippen LogP contribution in [0.25, 0.3) is 0 Å². The first-order valence-corrected chi connectivity index (χ1v) is 13.3. The van der Waals surface area contributed by atoms with Crippen LogP contribution in [0.2, 0.25) is 0 Å². The zero-order valence-electron chi connectivity index (χ0n) is 23.2. The molecule has 0 fully saturated rings. The summed E-state index contributed by atoms with van der Waals surface area (Å²) in [4.78, 5) is 6.80. The molecule has 0 aromatic heterocycles. The second kappa shape index (κ2) is 12.0. The summed E-state index contributed by atoms with van der Waals surface area (Å²) in [6, 6.07) is 14.4. The summed E-state index contributed by atoms with van der Waals surface area (Å²) in [7, 11) is 0. The smallest absolute Gasteiger partial charge is 0.130 e. The van der Waals surface area contributed by atoms with Crippen LogP contribution >= 0.6 is 11.8 Å². The molecule has 5 heteroatoms. The van der Waals surface area contributed by atoms with E-state index in [1.807, 2.05) is 42.6 Å². The summed E-state index contributed by atoms with van der Waals surface area (Å²) in [6.07, 6.45) is 9.44. The van der Waals surface area contributed by atoms with Gasteiger partial charge in [-0.3, -0.25) is 4.99 Å². The summed E-state index contributed by atoms with van der Waals surface area (Å²) >= 11 is 1.48. The molecule has 0 aliphatic carbocycles. The van der Waals surface area contributed by atoms with E-state index < -0.39 is 5.41 Å². The van der Waals surface area contributed by atoms with Crippen LogP contribution in [-0.4, -0.2) is 5.71 Å². The quantitative estimate of drug-likeness (QED) is 0.401. The molecule has 0 unspecified atom stereocenters. The number of thioether (sulfide) groups is 1. The molecule has 192 valence electrons. The highest BCUT2D eigenvalue weighted by Gasteiger charge is 2.33. The molecule has 0 radical (unpaired) electrons. The van der Waals surface area contributed by atoms with Gasteiger partial charge in [-0.05, 0) is 117 Å². The Bertz CT molecular complexity index is 1480. The predicted octanol–water partition coefficient (Wildman–Crippen LogP) is 9.00. The number of nitrogens with one attached hydrogen (secondary N) is 1. The Labute approximate surface area is 231 Å². The lowest BCUT2D eigenvalue weighted by molar-refractivity contribution is 0.649. The number of aliphatic imine (C=N–C) groups is 1. The SMILES string of the molecule is C=C1C=C(C=C(C#N)C#N)S/C(=C/C=C/Nc2cc(C)c(C)c(C)c2)C(=Nc2ccc(C)c(C)c2)C1(C)C. The van der Waals surface area contributed by atoms with Crippen molar-refractivity contribution in [1.82, 2.24) is 0 Å². The Balaban J connectivity index is 2.09. The van der Waals surface area contributed by atoms with E-state index in [9.17, 15) is 10.5 Å². The molecular formula is C33H34N4S. The third kappa shape index (κ3) is 6.62. The number of aryl methyl sites for hydroxylation is 4. The Hall–Kier alpha value is -4.06. The summed E-state index contributed by atoms with van der Waals surface area (Å²) in [5.41, 5.74) is 9.37. The van der Waals surface area contributed by atoms with Gasteiger partial charge in [0, 0.05) is 27.1 Å². The van der Waals surface area contributed by atoms with E-state index >= 15 is 0 Å². The Morgan fingerprint density at radius 1 is 0.974 bits per heavy atom. The van der Waals surface area contributed by atoms with Crippen LogP contribution in [0.5, 0.6) is 0 Å². The van der Waals surface area contributed by atoms with E-state index in [0.29, 0.717) is 0 Å². The van der Waals surface area contributed by atoms with E-state index in [4.69, 9.17) is 4.99 Å². The average molecular weight is 519 g/mol. The molecule has 4 nitrogen and oxygen atoms in total. The monoisotopic (exact) mass is 518 g/mol. The fourth-order valence-corrected chi connectivity index (χ4v) is 5.13. The van der Waals surface area contributed by atoms with Crippen LogP contribution in [0, 0.1) is 62.7 Å². The standard InChI is InChI=1S/C33H34N4S/c1-21-11-12-28(14-22(21)2)37-32-31(10-9-13-36-29-15-23(3)26(6)24(4)16-29)38-30(18-27(19-34)20-35)17-25(5)33(32,7)8/h9-18,36H,5H2,1-4,6-8H3/b13-9+,31-10+,37-32?. The van der Waals surface area contributed by atoms with Crippen molar-refractivity contribution >= 4 is 28.8 Å². The number of hydrogen-bond acceptors (Lipinski definition) is 5. The molecule has 1 aliphatic heterocycles. The van der Waals surface area contributed by atoms with Crippen molar-refractivity contribution in [3.63, 3.8) is 0 Å². The van der Waals surface area contributed by atoms with Gasteiger partial charge in [-0.1, -0.05) is 38.3 Å². The predicted molar refractivity (Wildman–Crippen MR) is 162 cm³/mol. The minimum Gasteiger partial charge on any atom is -0.362 e. The zero-order chi connectivity index (χ0) is 28.0. The lowest BCUT2D eigenvalue weighted by Gasteiger charge is -2.27. The lowest BCUT2D eigenvalue weighted by atomic mass is 9.79. The minimum absolute atomic E-state index is 0.0468. The van der Waals surface area contributed by atoms with Gasteiger partial charge in [0.15, 0.2) is 0 Å². The number of allylic oxidation sites excluding steroid dienone is 7. The van der Waals surface area contributed by atoms with E-state index in [1.165, 1.54) is 39.6 Å². The molecule has 1 N–H and O–H groups in total. The molecule has 0 amide bonds. The number of hydrogen-bond donors (Lipinski definition) is 1. The molecule has 0 saturated heterocycles. The molecule has 0 bridgehead atoms. The number of nitriles is 2. The summed E-state index contributed by atoms with van der Waals surface area (Å²) in [5, 5.41) is 22.0. The van der Waals surface area contributed by atoms with Gasteiger partial charge in [0.05, 0.1) is 11.4 Å². The first-order valence-electron chi connectivity index (χ1n) is 12.4. The van der Waals surface area contributed by atoms with Gasteiger partial charge in [0.2, 0.25) is 0 Å². The third-order valence-corrected chi connectivity index (χ3v) is 7.97. The van der Waals surface area contributed by atoms with Gasteiger partial charge in [-0.25, -0.2) is 0 Å². The molecular weight excluding hydrogens is 484 g/mol. The summed E-state index contributed by atoms with van der Waals surface area (Å²) < 4.78 is 0. The first-order chi connectivity index (χ1) is 18.0. The van der Waals surface area contributed by atoms with Crippen molar-refractivity contribution in [2.24, 2.45) is 10.4 Å². The fraction of sp³-hybridized carbons (Fsp3) is 0.242. The Morgan fingerprint density at radius 3 is 2.24 bits per heavy atom. The summed E-state index contributed by atoms with van der Waals surface area (Å²) in [6.45, 7) is 19.1. The van der Waals surface area contributed by atoms with Crippen LogP contribution in [0.3, 0.4) is 0 Å². The van der Waals surface area contributed by atoms with Crippen LogP contribution in [0.1, 0.15) is 41.7 Å². The van der Waals surface area contributed by atoms with Crippen molar-refractivity contribution < 1.29 is 0 Å². The Kier molecular flexibility index (Phi) is 9.00.